The van der Waals surface area contributed by atoms with Crippen molar-refractivity contribution < 1.29 is 4.74 Å². The minimum absolute atomic E-state index is 0.179. The number of hydrogen-bond donors (Lipinski definition) is 0. The second-order valence-corrected chi connectivity index (χ2v) is 7.39. The lowest BCUT2D eigenvalue weighted by molar-refractivity contribution is -0.0452. The van der Waals surface area contributed by atoms with Gasteiger partial charge in [0.05, 0.1) is 18.4 Å². The van der Waals surface area contributed by atoms with E-state index in [1.165, 1.54) is 50.8 Å². The Morgan fingerprint density at radius 2 is 2.00 bits per heavy atom. The Bertz CT molecular complexity index is 501. The predicted octanol–water partition coefficient (Wildman–Crippen LogP) is 1.64. The third kappa shape index (κ3) is 2.94. The SMILES string of the molecule is Cn1cc(CN2CCC3(CC2)CC(N2CCCC2)CO3)cn1. The van der Waals surface area contributed by atoms with Crippen LogP contribution >= 0.6 is 0 Å². The fourth-order valence-electron chi connectivity index (χ4n) is 4.44. The average molecular weight is 304 g/mol. The molecule has 1 aromatic heterocycles. The van der Waals surface area contributed by atoms with Crippen molar-refractivity contribution in [2.75, 3.05) is 32.8 Å². The van der Waals surface area contributed by atoms with E-state index in [1.807, 2.05) is 17.9 Å². The van der Waals surface area contributed by atoms with Gasteiger partial charge in [-0.15, -0.1) is 0 Å². The molecule has 5 heteroatoms. The largest absolute Gasteiger partial charge is 0.373 e. The topological polar surface area (TPSA) is 33.5 Å². The van der Waals surface area contributed by atoms with E-state index < -0.39 is 0 Å². The molecular formula is C17H28N4O. The molecule has 1 atom stereocenters. The van der Waals surface area contributed by atoms with Crippen molar-refractivity contribution in [2.24, 2.45) is 7.05 Å². The van der Waals surface area contributed by atoms with E-state index in [2.05, 4.69) is 21.1 Å². The van der Waals surface area contributed by atoms with Crippen molar-refractivity contribution in [3.8, 4) is 0 Å². The van der Waals surface area contributed by atoms with Gasteiger partial charge in [0, 0.05) is 44.5 Å². The van der Waals surface area contributed by atoms with E-state index in [0.717, 1.165) is 26.2 Å². The summed E-state index contributed by atoms with van der Waals surface area (Å²) in [7, 11) is 1.99. The van der Waals surface area contributed by atoms with Crippen LogP contribution < -0.4 is 0 Å². The van der Waals surface area contributed by atoms with Gasteiger partial charge < -0.3 is 4.74 Å². The van der Waals surface area contributed by atoms with E-state index in [-0.39, 0.29) is 5.60 Å². The van der Waals surface area contributed by atoms with Gasteiger partial charge in [-0.3, -0.25) is 14.5 Å². The summed E-state index contributed by atoms with van der Waals surface area (Å²) in [5.74, 6) is 0. The number of rotatable bonds is 3. The Hall–Kier alpha value is -0.910. The minimum Gasteiger partial charge on any atom is -0.373 e. The molecule has 0 N–H and O–H groups in total. The number of ether oxygens (including phenoxy) is 1. The second kappa shape index (κ2) is 5.95. The zero-order valence-corrected chi connectivity index (χ0v) is 13.7. The van der Waals surface area contributed by atoms with Crippen LogP contribution in [-0.2, 0) is 18.3 Å². The van der Waals surface area contributed by atoms with Gasteiger partial charge in [0.1, 0.15) is 0 Å². The summed E-state index contributed by atoms with van der Waals surface area (Å²) >= 11 is 0. The number of hydrogen-bond acceptors (Lipinski definition) is 4. The van der Waals surface area contributed by atoms with Gasteiger partial charge in [0.25, 0.3) is 0 Å². The summed E-state index contributed by atoms with van der Waals surface area (Å²) in [4.78, 5) is 5.21. The molecule has 1 aromatic rings. The lowest BCUT2D eigenvalue weighted by atomic mass is 9.87. The summed E-state index contributed by atoms with van der Waals surface area (Å²) < 4.78 is 8.21. The van der Waals surface area contributed by atoms with Crippen LogP contribution in [0.2, 0.25) is 0 Å². The van der Waals surface area contributed by atoms with Gasteiger partial charge in [-0.25, -0.2) is 0 Å². The lowest BCUT2D eigenvalue weighted by Gasteiger charge is -2.38. The molecule has 0 bridgehead atoms. The first-order chi connectivity index (χ1) is 10.7. The maximum absolute atomic E-state index is 6.32. The molecule has 3 aliphatic rings. The molecule has 0 aliphatic carbocycles. The van der Waals surface area contributed by atoms with Crippen LogP contribution in [0.25, 0.3) is 0 Å². The fraction of sp³-hybridized carbons (Fsp3) is 0.824. The van der Waals surface area contributed by atoms with Crippen molar-refractivity contribution >= 4 is 0 Å². The standard InChI is InChI=1S/C17H28N4O/c1-19-12-15(11-18-19)13-20-8-4-17(5-9-20)10-16(14-22-17)21-6-2-3-7-21/h11-12,16H,2-10,13-14H2,1H3. The first-order valence-electron chi connectivity index (χ1n) is 8.80. The van der Waals surface area contributed by atoms with Crippen LogP contribution in [0.15, 0.2) is 12.4 Å². The molecule has 1 unspecified atom stereocenters. The fourth-order valence-corrected chi connectivity index (χ4v) is 4.44. The van der Waals surface area contributed by atoms with E-state index in [9.17, 15) is 0 Å². The van der Waals surface area contributed by atoms with Crippen LogP contribution in [0.1, 0.15) is 37.7 Å². The first-order valence-corrected chi connectivity index (χ1v) is 8.80. The molecule has 4 heterocycles. The van der Waals surface area contributed by atoms with Crippen molar-refractivity contribution in [1.29, 1.82) is 0 Å². The summed E-state index contributed by atoms with van der Waals surface area (Å²) in [5, 5.41) is 4.27. The third-order valence-electron chi connectivity index (χ3n) is 5.78. The average Bonchev–Trinajstić information content (AvgIpc) is 3.23. The smallest absolute Gasteiger partial charge is 0.0723 e. The molecule has 5 nitrogen and oxygen atoms in total. The highest BCUT2D eigenvalue weighted by atomic mass is 16.5. The summed E-state index contributed by atoms with van der Waals surface area (Å²) in [6.45, 7) is 6.87. The number of piperidine rings is 1. The van der Waals surface area contributed by atoms with Gasteiger partial charge in [-0.2, -0.15) is 5.10 Å². The summed E-state index contributed by atoms with van der Waals surface area (Å²) in [6.07, 6.45) is 10.5. The Morgan fingerprint density at radius 1 is 1.23 bits per heavy atom. The van der Waals surface area contributed by atoms with Crippen LogP contribution in [0.4, 0.5) is 0 Å². The van der Waals surface area contributed by atoms with E-state index >= 15 is 0 Å². The Kier molecular flexibility index (Phi) is 3.96. The first kappa shape index (κ1) is 14.7. The molecule has 0 saturated carbocycles. The summed E-state index contributed by atoms with van der Waals surface area (Å²) in [6, 6.07) is 0.687. The predicted molar refractivity (Wildman–Crippen MR) is 85.6 cm³/mol. The maximum Gasteiger partial charge on any atom is 0.0723 e. The third-order valence-corrected chi connectivity index (χ3v) is 5.78. The molecule has 0 amide bonds. The van der Waals surface area contributed by atoms with E-state index in [0.29, 0.717) is 6.04 Å². The van der Waals surface area contributed by atoms with Gasteiger partial charge >= 0.3 is 0 Å². The van der Waals surface area contributed by atoms with E-state index in [4.69, 9.17) is 4.74 Å². The highest BCUT2D eigenvalue weighted by molar-refractivity contribution is 5.05. The number of aryl methyl sites for hydroxylation is 1. The van der Waals surface area contributed by atoms with Crippen molar-refractivity contribution in [2.45, 2.75) is 50.3 Å². The zero-order valence-electron chi connectivity index (χ0n) is 13.7. The molecule has 1 spiro atoms. The van der Waals surface area contributed by atoms with Crippen LogP contribution in [0.3, 0.4) is 0 Å². The highest BCUT2D eigenvalue weighted by Crippen LogP contribution is 2.38. The Labute approximate surface area is 133 Å². The van der Waals surface area contributed by atoms with Gasteiger partial charge in [-0.1, -0.05) is 0 Å². The molecule has 122 valence electrons. The number of nitrogens with zero attached hydrogens (tertiary/aromatic N) is 4. The maximum atomic E-state index is 6.32. The van der Waals surface area contributed by atoms with Crippen molar-refractivity contribution in [3.63, 3.8) is 0 Å². The minimum atomic E-state index is 0.179. The van der Waals surface area contributed by atoms with Crippen LogP contribution in [-0.4, -0.2) is 64.0 Å². The molecular weight excluding hydrogens is 276 g/mol. The highest BCUT2D eigenvalue weighted by Gasteiger charge is 2.44. The quantitative estimate of drug-likeness (QED) is 0.850. The van der Waals surface area contributed by atoms with Gasteiger partial charge in [-0.05, 0) is 45.2 Å². The van der Waals surface area contributed by atoms with Crippen LogP contribution in [0, 0.1) is 0 Å². The molecule has 3 fully saturated rings. The number of likely N-dealkylation sites (tertiary alicyclic amines) is 2. The van der Waals surface area contributed by atoms with Crippen molar-refractivity contribution in [3.05, 3.63) is 18.0 Å². The number of aromatic nitrogens is 2. The summed E-state index contributed by atoms with van der Waals surface area (Å²) in [5.41, 5.74) is 1.50. The normalized spacial score (nSPS) is 29.6. The molecule has 3 aliphatic heterocycles. The van der Waals surface area contributed by atoms with Crippen LogP contribution in [0.5, 0.6) is 0 Å². The molecule has 4 rings (SSSR count). The lowest BCUT2D eigenvalue weighted by Crippen LogP contribution is -2.44. The molecule has 0 radical (unpaired) electrons. The van der Waals surface area contributed by atoms with E-state index in [1.54, 1.807) is 0 Å². The Morgan fingerprint density at radius 3 is 2.68 bits per heavy atom. The zero-order chi connectivity index (χ0) is 15.0. The van der Waals surface area contributed by atoms with Gasteiger partial charge in [0.2, 0.25) is 0 Å². The monoisotopic (exact) mass is 304 g/mol. The Balaban J connectivity index is 1.30. The second-order valence-electron chi connectivity index (χ2n) is 7.39. The molecule has 3 saturated heterocycles. The van der Waals surface area contributed by atoms with Crippen molar-refractivity contribution in [1.82, 2.24) is 19.6 Å². The molecule has 0 aromatic carbocycles. The van der Waals surface area contributed by atoms with Gasteiger partial charge in [0.15, 0.2) is 0 Å². The molecule has 22 heavy (non-hydrogen) atoms.